The number of rotatable bonds is 5. The van der Waals surface area contributed by atoms with Crippen LogP contribution in [0.3, 0.4) is 0 Å². The molecule has 0 radical (unpaired) electrons. The molecule has 0 aromatic rings. The first-order chi connectivity index (χ1) is 10.1. The van der Waals surface area contributed by atoms with Crippen molar-refractivity contribution in [2.75, 3.05) is 33.2 Å². The van der Waals surface area contributed by atoms with Gasteiger partial charge in [-0.15, -0.1) is 0 Å². The van der Waals surface area contributed by atoms with Gasteiger partial charge in [0.2, 0.25) is 0 Å². The van der Waals surface area contributed by atoms with E-state index in [-0.39, 0.29) is 18.1 Å². The van der Waals surface area contributed by atoms with E-state index in [1.54, 1.807) is 0 Å². The van der Waals surface area contributed by atoms with E-state index in [0.717, 1.165) is 25.9 Å². The fourth-order valence-electron chi connectivity index (χ4n) is 3.57. The number of carbonyl (C=O) groups is 1. The van der Waals surface area contributed by atoms with Gasteiger partial charge >= 0.3 is 6.03 Å². The van der Waals surface area contributed by atoms with E-state index in [1.807, 2.05) is 11.8 Å². The number of hydrogen-bond acceptors (Lipinski definition) is 3. The number of aliphatic hydroxyl groups excluding tert-OH is 1. The van der Waals surface area contributed by atoms with Gasteiger partial charge in [-0.3, -0.25) is 0 Å². The number of hydrogen-bond donors (Lipinski definition) is 2. The number of nitrogens with zero attached hydrogens (tertiary/aromatic N) is 2. The highest BCUT2D eigenvalue weighted by atomic mass is 16.3. The molecule has 1 aliphatic heterocycles. The number of amides is 2. The summed E-state index contributed by atoms with van der Waals surface area (Å²) in [5, 5.41) is 12.7. The number of likely N-dealkylation sites (N-methyl/N-ethyl adjacent to an activating group) is 1. The summed E-state index contributed by atoms with van der Waals surface area (Å²) in [6.45, 7) is 4.95. The second-order valence-electron chi connectivity index (χ2n) is 6.74. The standard InChI is InChI=1S/C16H31N3O2/c1-13(20)14-6-5-10-19(12-14)16(21)17-9-11-18(2)15-7-3-4-8-15/h13-15,20H,3-12H2,1-2H3,(H,17,21). The Bertz CT molecular complexity index is 329. The summed E-state index contributed by atoms with van der Waals surface area (Å²) in [5.41, 5.74) is 0. The Morgan fingerprint density at radius 1 is 1.33 bits per heavy atom. The van der Waals surface area contributed by atoms with Gasteiger partial charge in [-0.2, -0.15) is 0 Å². The SMILES string of the molecule is CC(O)C1CCCN(C(=O)NCCN(C)C2CCCC2)C1. The fourth-order valence-corrected chi connectivity index (χ4v) is 3.57. The molecule has 2 rings (SSSR count). The lowest BCUT2D eigenvalue weighted by Gasteiger charge is -2.34. The predicted molar refractivity (Wildman–Crippen MR) is 84.3 cm³/mol. The van der Waals surface area contributed by atoms with E-state index >= 15 is 0 Å². The van der Waals surface area contributed by atoms with E-state index < -0.39 is 0 Å². The molecule has 2 fully saturated rings. The molecule has 5 nitrogen and oxygen atoms in total. The molecule has 0 aromatic heterocycles. The third kappa shape index (κ3) is 4.85. The van der Waals surface area contributed by atoms with Gasteiger partial charge in [0.1, 0.15) is 0 Å². The second-order valence-corrected chi connectivity index (χ2v) is 6.74. The Hall–Kier alpha value is -0.810. The molecule has 21 heavy (non-hydrogen) atoms. The summed E-state index contributed by atoms with van der Waals surface area (Å²) in [6.07, 6.45) is 6.97. The third-order valence-electron chi connectivity index (χ3n) is 5.12. The maximum absolute atomic E-state index is 12.2. The molecule has 122 valence electrons. The van der Waals surface area contributed by atoms with E-state index in [1.165, 1.54) is 25.7 Å². The van der Waals surface area contributed by atoms with Crippen molar-refractivity contribution < 1.29 is 9.90 Å². The van der Waals surface area contributed by atoms with Crippen molar-refractivity contribution in [3.8, 4) is 0 Å². The molecular weight excluding hydrogens is 266 g/mol. The molecular formula is C16H31N3O2. The Morgan fingerprint density at radius 2 is 2.05 bits per heavy atom. The van der Waals surface area contributed by atoms with Crippen LogP contribution in [-0.2, 0) is 0 Å². The molecule has 2 amide bonds. The van der Waals surface area contributed by atoms with Crippen molar-refractivity contribution in [1.82, 2.24) is 15.1 Å². The zero-order valence-electron chi connectivity index (χ0n) is 13.6. The minimum Gasteiger partial charge on any atom is -0.393 e. The molecule has 1 saturated heterocycles. The molecule has 1 aliphatic carbocycles. The van der Waals surface area contributed by atoms with Crippen molar-refractivity contribution in [2.45, 2.75) is 57.6 Å². The smallest absolute Gasteiger partial charge is 0.317 e. The molecule has 0 spiro atoms. The lowest BCUT2D eigenvalue weighted by molar-refractivity contribution is 0.0737. The first kappa shape index (κ1) is 16.6. The van der Waals surface area contributed by atoms with Crippen molar-refractivity contribution in [3.05, 3.63) is 0 Å². The summed E-state index contributed by atoms with van der Waals surface area (Å²) in [7, 11) is 2.16. The average molecular weight is 297 g/mol. The minimum atomic E-state index is -0.325. The average Bonchev–Trinajstić information content (AvgIpc) is 3.01. The molecule has 1 saturated carbocycles. The number of carbonyl (C=O) groups excluding carboxylic acids is 1. The fraction of sp³-hybridized carbons (Fsp3) is 0.938. The molecule has 0 bridgehead atoms. The molecule has 2 unspecified atom stereocenters. The first-order valence-electron chi connectivity index (χ1n) is 8.49. The van der Waals surface area contributed by atoms with Crippen molar-refractivity contribution in [3.63, 3.8) is 0 Å². The lowest BCUT2D eigenvalue weighted by Crippen LogP contribution is -2.49. The van der Waals surface area contributed by atoms with Crippen molar-refractivity contribution >= 4 is 6.03 Å². The molecule has 2 N–H and O–H groups in total. The quantitative estimate of drug-likeness (QED) is 0.811. The third-order valence-corrected chi connectivity index (χ3v) is 5.12. The van der Waals surface area contributed by atoms with Crippen molar-refractivity contribution in [1.29, 1.82) is 0 Å². The zero-order valence-corrected chi connectivity index (χ0v) is 13.6. The maximum atomic E-state index is 12.2. The highest BCUT2D eigenvalue weighted by molar-refractivity contribution is 5.74. The van der Waals surface area contributed by atoms with Gasteiger partial charge in [-0.25, -0.2) is 4.79 Å². The topological polar surface area (TPSA) is 55.8 Å². The maximum Gasteiger partial charge on any atom is 0.317 e. The van der Waals surface area contributed by atoms with E-state index in [0.29, 0.717) is 19.1 Å². The predicted octanol–water partition coefficient (Wildman–Crippen LogP) is 1.66. The number of piperidine rings is 1. The van der Waals surface area contributed by atoms with Gasteiger partial charge in [0.25, 0.3) is 0 Å². The van der Waals surface area contributed by atoms with E-state index in [4.69, 9.17) is 0 Å². The highest BCUT2D eigenvalue weighted by Crippen LogP contribution is 2.22. The largest absolute Gasteiger partial charge is 0.393 e. The number of aliphatic hydroxyl groups is 1. The van der Waals surface area contributed by atoms with Crippen LogP contribution in [0.1, 0.15) is 45.4 Å². The summed E-state index contributed by atoms with van der Waals surface area (Å²) in [4.78, 5) is 16.4. The summed E-state index contributed by atoms with van der Waals surface area (Å²) >= 11 is 0. The highest BCUT2D eigenvalue weighted by Gasteiger charge is 2.26. The number of likely N-dealkylation sites (tertiary alicyclic amines) is 1. The van der Waals surface area contributed by atoms with Gasteiger partial charge in [0.15, 0.2) is 0 Å². The molecule has 1 heterocycles. The summed E-state index contributed by atoms with van der Waals surface area (Å²) in [6, 6.07) is 0.733. The number of urea groups is 1. The Morgan fingerprint density at radius 3 is 2.71 bits per heavy atom. The van der Waals surface area contributed by atoms with Crippen LogP contribution in [-0.4, -0.2) is 66.3 Å². The summed E-state index contributed by atoms with van der Waals surface area (Å²) < 4.78 is 0. The molecule has 0 aromatic carbocycles. The van der Waals surface area contributed by atoms with E-state index in [9.17, 15) is 9.90 Å². The molecule has 2 atom stereocenters. The van der Waals surface area contributed by atoms with Crippen LogP contribution in [0.4, 0.5) is 4.79 Å². The zero-order chi connectivity index (χ0) is 15.2. The summed E-state index contributed by atoms with van der Waals surface area (Å²) in [5.74, 6) is 0.227. The minimum absolute atomic E-state index is 0.0279. The van der Waals surface area contributed by atoms with Crippen LogP contribution in [0, 0.1) is 5.92 Å². The lowest BCUT2D eigenvalue weighted by atomic mass is 9.94. The van der Waals surface area contributed by atoms with Crippen LogP contribution >= 0.6 is 0 Å². The normalized spacial score (nSPS) is 25.3. The second kappa shape index (κ2) is 7.99. The Labute approximate surface area is 128 Å². The van der Waals surface area contributed by atoms with Crippen LogP contribution in [0.15, 0.2) is 0 Å². The van der Waals surface area contributed by atoms with Gasteiger partial charge < -0.3 is 20.2 Å². The van der Waals surface area contributed by atoms with Gasteiger partial charge in [-0.05, 0) is 39.7 Å². The van der Waals surface area contributed by atoms with E-state index in [2.05, 4.69) is 17.3 Å². The Kier molecular flexibility index (Phi) is 6.30. The van der Waals surface area contributed by atoms with Gasteiger partial charge in [0.05, 0.1) is 6.10 Å². The molecule has 2 aliphatic rings. The monoisotopic (exact) mass is 297 g/mol. The number of nitrogens with one attached hydrogen (secondary N) is 1. The molecule has 5 heteroatoms. The van der Waals surface area contributed by atoms with Gasteiger partial charge in [-0.1, -0.05) is 12.8 Å². The van der Waals surface area contributed by atoms with Gasteiger partial charge in [0, 0.05) is 38.1 Å². The Balaban J connectivity index is 1.66. The first-order valence-corrected chi connectivity index (χ1v) is 8.49. The van der Waals surface area contributed by atoms with Crippen LogP contribution < -0.4 is 5.32 Å². The van der Waals surface area contributed by atoms with Crippen LogP contribution in [0.2, 0.25) is 0 Å². The van der Waals surface area contributed by atoms with Crippen LogP contribution in [0.25, 0.3) is 0 Å². The van der Waals surface area contributed by atoms with Crippen molar-refractivity contribution in [2.24, 2.45) is 5.92 Å². The van der Waals surface area contributed by atoms with Crippen LogP contribution in [0.5, 0.6) is 0 Å².